The molecule has 268 valence electrons. The van der Waals surface area contributed by atoms with Gasteiger partial charge in [-0.05, 0) is 47.9 Å². The zero-order valence-corrected chi connectivity index (χ0v) is 30.6. The molecule has 51 heavy (non-hydrogen) atoms. The number of pyridine rings is 1. The van der Waals surface area contributed by atoms with E-state index in [2.05, 4.69) is 10.6 Å². The number of amides is 2. The van der Waals surface area contributed by atoms with E-state index in [1.807, 2.05) is 76.2 Å². The molecule has 0 saturated heterocycles. The minimum atomic E-state index is -0.430. The second-order valence-electron chi connectivity index (χ2n) is 12.8. The first-order valence-corrected chi connectivity index (χ1v) is 17.0. The van der Waals surface area contributed by atoms with Crippen molar-refractivity contribution in [1.82, 2.24) is 19.7 Å². The first-order chi connectivity index (χ1) is 24.4. The molecule has 2 aromatic heterocycles. The van der Waals surface area contributed by atoms with Crippen molar-refractivity contribution in [3.05, 3.63) is 127 Å². The van der Waals surface area contributed by atoms with Crippen LogP contribution in [0.2, 0.25) is 10.0 Å². The number of hydrogen-bond donors (Lipinski definition) is 3. The van der Waals surface area contributed by atoms with Gasteiger partial charge in [-0.3, -0.25) is 10.1 Å². The van der Waals surface area contributed by atoms with Crippen LogP contribution in [0, 0.1) is 6.92 Å². The number of benzene rings is 3. The number of aliphatic hydroxyl groups is 1. The van der Waals surface area contributed by atoms with Crippen LogP contribution in [0.1, 0.15) is 48.8 Å². The van der Waals surface area contributed by atoms with E-state index in [-0.39, 0.29) is 54.7 Å². The van der Waals surface area contributed by atoms with Gasteiger partial charge in [0, 0.05) is 35.9 Å². The predicted molar refractivity (Wildman–Crippen MR) is 199 cm³/mol. The molecule has 0 aliphatic heterocycles. The van der Waals surface area contributed by atoms with E-state index in [0.717, 1.165) is 22.4 Å². The molecule has 0 radical (unpaired) electrons. The highest BCUT2D eigenvalue weighted by Crippen LogP contribution is 2.29. The van der Waals surface area contributed by atoms with Gasteiger partial charge in [-0.2, -0.15) is 5.10 Å². The number of halogens is 2. The summed E-state index contributed by atoms with van der Waals surface area (Å²) in [5.41, 5.74) is 3.92. The SMILES string of the molecule is COc1ccc(Cn2c(C)cc(OCc3ccccc3CNC(=O)Nc3cc(C(C)(C)C)nn3-c3cccc(OCCO)c3)c(Cl)c2=O)cc1Cl. The van der Waals surface area contributed by atoms with E-state index in [1.165, 1.54) is 0 Å². The van der Waals surface area contributed by atoms with Gasteiger partial charge >= 0.3 is 6.03 Å². The van der Waals surface area contributed by atoms with E-state index >= 15 is 0 Å². The summed E-state index contributed by atoms with van der Waals surface area (Å²) >= 11 is 12.8. The van der Waals surface area contributed by atoms with Crippen LogP contribution in [-0.4, -0.2) is 45.8 Å². The van der Waals surface area contributed by atoms with Gasteiger partial charge in [0.25, 0.3) is 5.56 Å². The Kier molecular flexibility index (Phi) is 12.0. The molecule has 0 fully saturated rings. The van der Waals surface area contributed by atoms with Crippen LogP contribution >= 0.6 is 23.2 Å². The van der Waals surface area contributed by atoms with Gasteiger partial charge in [0.2, 0.25) is 0 Å². The number of anilines is 1. The quantitative estimate of drug-likeness (QED) is 0.116. The third-order valence-electron chi connectivity index (χ3n) is 8.05. The van der Waals surface area contributed by atoms with Crippen LogP contribution in [-0.2, 0) is 25.1 Å². The highest BCUT2D eigenvalue weighted by molar-refractivity contribution is 6.32. The van der Waals surface area contributed by atoms with Gasteiger partial charge < -0.3 is 29.2 Å². The maximum Gasteiger partial charge on any atom is 0.320 e. The van der Waals surface area contributed by atoms with E-state index < -0.39 is 6.03 Å². The van der Waals surface area contributed by atoms with Crippen molar-refractivity contribution in [2.24, 2.45) is 0 Å². The van der Waals surface area contributed by atoms with Crippen molar-refractivity contribution < 1.29 is 24.1 Å². The smallest absolute Gasteiger partial charge is 0.320 e. The number of aryl methyl sites for hydroxylation is 1. The Morgan fingerprint density at radius 1 is 0.941 bits per heavy atom. The molecule has 13 heteroatoms. The lowest BCUT2D eigenvalue weighted by atomic mass is 9.92. The van der Waals surface area contributed by atoms with Gasteiger partial charge in [0.05, 0.1) is 36.7 Å². The lowest BCUT2D eigenvalue weighted by Gasteiger charge is -2.16. The molecule has 11 nitrogen and oxygen atoms in total. The maximum atomic E-state index is 13.3. The number of methoxy groups -OCH3 is 1. The molecule has 5 rings (SSSR count). The number of aliphatic hydroxyl groups excluding tert-OH is 1. The van der Waals surface area contributed by atoms with Crippen LogP contribution < -0.4 is 30.4 Å². The molecule has 0 saturated carbocycles. The molecule has 2 heterocycles. The lowest BCUT2D eigenvalue weighted by molar-refractivity contribution is 0.201. The minimum Gasteiger partial charge on any atom is -0.495 e. The van der Waals surface area contributed by atoms with Crippen molar-refractivity contribution in [3.63, 3.8) is 0 Å². The van der Waals surface area contributed by atoms with Crippen LogP contribution in [0.25, 0.3) is 5.69 Å². The number of aromatic nitrogens is 3. The van der Waals surface area contributed by atoms with Crippen molar-refractivity contribution in [3.8, 4) is 22.9 Å². The monoisotopic (exact) mass is 733 g/mol. The molecule has 0 bridgehead atoms. The molecule has 3 aromatic carbocycles. The Morgan fingerprint density at radius 2 is 1.71 bits per heavy atom. The van der Waals surface area contributed by atoms with Gasteiger partial charge in [0.15, 0.2) is 0 Å². The number of hydrogen-bond acceptors (Lipinski definition) is 7. The van der Waals surface area contributed by atoms with Crippen LogP contribution in [0.5, 0.6) is 17.2 Å². The molecule has 0 aliphatic rings. The van der Waals surface area contributed by atoms with Gasteiger partial charge in [-0.25, -0.2) is 9.48 Å². The highest BCUT2D eigenvalue weighted by Gasteiger charge is 2.22. The molecular weight excluding hydrogens is 693 g/mol. The molecule has 0 aliphatic carbocycles. The Hall–Kier alpha value is -4.97. The number of urea groups is 1. The second kappa shape index (κ2) is 16.4. The van der Waals surface area contributed by atoms with Crippen molar-refractivity contribution in [1.29, 1.82) is 0 Å². The largest absolute Gasteiger partial charge is 0.495 e. The first kappa shape index (κ1) is 37.3. The molecule has 2 amide bonds. The average molecular weight is 735 g/mol. The standard InChI is InChI=1S/C38H41Cl2N5O6/c1-24-17-32(35(40)36(47)44(24)22-25-13-14-31(49-5)30(39)18-25)51-23-27-10-7-6-9-26(27)21-41-37(48)42-34-20-33(38(2,3)4)43-45(34)28-11-8-12-29(19-28)50-16-15-46/h6-14,17-20,46H,15-16,21-23H2,1-5H3,(H2,41,42,48). The summed E-state index contributed by atoms with van der Waals surface area (Å²) in [6, 6.07) is 23.3. The molecule has 0 unspecified atom stereocenters. The van der Waals surface area contributed by atoms with E-state index in [9.17, 15) is 9.59 Å². The fraction of sp³-hybridized carbons (Fsp3) is 0.289. The normalized spacial score (nSPS) is 11.3. The summed E-state index contributed by atoms with van der Waals surface area (Å²) in [5, 5.41) is 20.2. The summed E-state index contributed by atoms with van der Waals surface area (Å²) < 4.78 is 20.1. The maximum absolute atomic E-state index is 13.3. The number of nitrogens with one attached hydrogen (secondary N) is 2. The van der Waals surface area contributed by atoms with E-state index in [4.69, 9.17) is 47.6 Å². The van der Waals surface area contributed by atoms with Crippen molar-refractivity contribution in [2.45, 2.75) is 52.8 Å². The predicted octanol–water partition coefficient (Wildman–Crippen LogP) is 7.28. The third kappa shape index (κ3) is 9.23. The topological polar surface area (TPSA) is 129 Å². The molecule has 5 aromatic rings. The van der Waals surface area contributed by atoms with Crippen LogP contribution in [0.3, 0.4) is 0 Å². The number of carbonyl (C=O) groups excluding carboxylic acids is 1. The average Bonchev–Trinajstić information content (AvgIpc) is 3.54. The fourth-order valence-corrected chi connectivity index (χ4v) is 5.76. The minimum absolute atomic E-state index is 0.0353. The second-order valence-corrected chi connectivity index (χ2v) is 13.6. The Bertz CT molecular complexity index is 2070. The van der Waals surface area contributed by atoms with Crippen LogP contribution in [0.15, 0.2) is 83.7 Å². The van der Waals surface area contributed by atoms with Crippen molar-refractivity contribution in [2.75, 3.05) is 25.6 Å². The molecular formula is C38H41Cl2N5O6. The van der Waals surface area contributed by atoms with E-state index in [0.29, 0.717) is 33.7 Å². The summed E-state index contributed by atoms with van der Waals surface area (Å²) in [6.07, 6.45) is 0. The lowest BCUT2D eigenvalue weighted by Crippen LogP contribution is -2.29. The Morgan fingerprint density at radius 3 is 2.41 bits per heavy atom. The summed E-state index contributed by atoms with van der Waals surface area (Å²) in [5.74, 6) is 1.86. The Labute approximate surface area is 306 Å². The molecule has 0 spiro atoms. The fourth-order valence-electron chi connectivity index (χ4n) is 5.27. The van der Waals surface area contributed by atoms with E-state index in [1.54, 1.807) is 46.7 Å². The van der Waals surface area contributed by atoms with Crippen LogP contribution in [0.4, 0.5) is 10.6 Å². The highest BCUT2D eigenvalue weighted by atomic mass is 35.5. The zero-order valence-electron chi connectivity index (χ0n) is 29.1. The zero-order chi connectivity index (χ0) is 36.7. The first-order valence-electron chi connectivity index (χ1n) is 16.3. The molecule has 3 N–H and O–H groups in total. The van der Waals surface area contributed by atoms with Gasteiger partial charge in [-0.1, -0.05) is 80.4 Å². The third-order valence-corrected chi connectivity index (χ3v) is 8.70. The van der Waals surface area contributed by atoms with Gasteiger partial charge in [0.1, 0.15) is 41.3 Å². The number of nitrogens with zero attached hydrogens (tertiary/aromatic N) is 3. The van der Waals surface area contributed by atoms with Crippen molar-refractivity contribution >= 4 is 35.1 Å². The number of ether oxygens (including phenoxy) is 3. The number of rotatable bonds is 13. The summed E-state index contributed by atoms with van der Waals surface area (Å²) in [4.78, 5) is 26.5. The number of carbonyl (C=O) groups is 1. The summed E-state index contributed by atoms with van der Waals surface area (Å²) in [7, 11) is 1.54. The van der Waals surface area contributed by atoms with Gasteiger partial charge in [-0.15, -0.1) is 0 Å². The summed E-state index contributed by atoms with van der Waals surface area (Å²) in [6.45, 7) is 8.59. The molecule has 0 atom stereocenters. The Balaban J connectivity index is 1.27.